The number of hydrogen-bond donors (Lipinski definition) is 2. The zero-order chi connectivity index (χ0) is 22.1. The highest BCUT2D eigenvalue weighted by Gasteiger charge is 2.16. The van der Waals surface area contributed by atoms with E-state index in [0.29, 0.717) is 0 Å². The van der Waals surface area contributed by atoms with Gasteiger partial charge >= 0.3 is 0 Å². The number of hydrogen-bond acceptors (Lipinski definition) is 3. The molecule has 0 spiro atoms. The van der Waals surface area contributed by atoms with Gasteiger partial charge in [0.05, 0.1) is 27.9 Å². The van der Waals surface area contributed by atoms with Crippen molar-refractivity contribution in [1.82, 2.24) is 14.9 Å². The summed E-state index contributed by atoms with van der Waals surface area (Å²) >= 11 is 0. The minimum absolute atomic E-state index is 0.0854. The lowest BCUT2D eigenvalue weighted by molar-refractivity contribution is 0.240. The first-order valence-corrected chi connectivity index (χ1v) is 10.9. The Morgan fingerprint density at radius 1 is 1.10 bits per heavy atom. The molecule has 3 aromatic rings. The SMILES string of the molecule is Cc1cc(C)c(C=c2[nH]/c(=C3\N=c4ccccc4=C3CCN(C)C)cc2OC(C)C)[nH]1. The summed E-state index contributed by atoms with van der Waals surface area (Å²) in [5.41, 5.74) is 5.74. The molecule has 0 unspecified atom stereocenters. The topological polar surface area (TPSA) is 56.4 Å². The number of benzene rings is 1. The smallest absolute Gasteiger partial charge is 0.145 e. The van der Waals surface area contributed by atoms with Gasteiger partial charge in [-0.15, -0.1) is 0 Å². The van der Waals surface area contributed by atoms with Crippen molar-refractivity contribution in [1.29, 1.82) is 0 Å². The predicted octanol–water partition coefficient (Wildman–Crippen LogP) is 2.12. The number of para-hydroxylation sites is 1. The highest BCUT2D eigenvalue weighted by Crippen LogP contribution is 2.19. The van der Waals surface area contributed by atoms with Crippen LogP contribution < -0.4 is 26.0 Å². The second-order valence-corrected chi connectivity index (χ2v) is 8.83. The fourth-order valence-corrected chi connectivity index (χ4v) is 4.03. The quantitative estimate of drug-likeness (QED) is 0.647. The lowest BCUT2D eigenvalue weighted by atomic mass is 10.1. The molecule has 0 amide bonds. The van der Waals surface area contributed by atoms with Crippen LogP contribution in [0.2, 0.25) is 0 Å². The molecule has 31 heavy (non-hydrogen) atoms. The third-order valence-corrected chi connectivity index (χ3v) is 5.46. The molecular formula is C26H32N4O. The van der Waals surface area contributed by atoms with Crippen LogP contribution in [0.3, 0.4) is 0 Å². The average Bonchev–Trinajstić information content (AvgIpc) is 3.35. The van der Waals surface area contributed by atoms with Gasteiger partial charge in [0.2, 0.25) is 0 Å². The van der Waals surface area contributed by atoms with Gasteiger partial charge in [0.15, 0.2) is 0 Å². The molecule has 1 aliphatic heterocycles. The number of aryl methyl sites for hydroxylation is 2. The second kappa shape index (κ2) is 8.60. The summed E-state index contributed by atoms with van der Waals surface area (Å²) < 4.78 is 6.17. The maximum atomic E-state index is 6.17. The highest BCUT2D eigenvalue weighted by atomic mass is 16.5. The Labute approximate surface area is 183 Å². The maximum Gasteiger partial charge on any atom is 0.145 e. The number of H-pyrrole nitrogens is 2. The van der Waals surface area contributed by atoms with Crippen LogP contribution >= 0.6 is 0 Å². The van der Waals surface area contributed by atoms with Crippen LogP contribution in [-0.2, 0) is 0 Å². The summed E-state index contributed by atoms with van der Waals surface area (Å²) in [7, 11) is 4.21. The predicted molar refractivity (Wildman–Crippen MR) is 127 cm³/mol. The summed E-state index contributed by atoms with van der Waals surface area (Å²) in [4.78, 5) is 14.2. The lowest BCUT2D eigenvalue weighted by Crippen LogP contribution is -2.23. The van der Waals surface area contributed by atoms with Crippen LogP contribution in [-0.4, -0.2) is 41.6 Å². The Morgan fingerprint density at radius 2 is 1.87 bits per heavy atom. The van der Waals surface area contributed by atoms with Crippen molar-refractivity contribution in [2.75, 3.05) is 20.6 Å². The second-order valence-electron chi connectivity index (χ2n) is 8.83. The standard InChI is InChI=1S/C26H32N4O/c1-16(2)31-25-15-24(28-23(25)14-22-17(3)13-18(4)27-22)26-20(11-12-30(5)6)19-9-7-8-10-21(19)29-26/h7-10,13-16,27-28H,11-12H2,1-6H3/b23-14?,26-24-. The Balaban J connectivity index is 1.93. The van der Waals surface area contributed by atoms with Crippen LogP contribution in [0.25, 0.3) is 17.3 Å². The number of nitrogens with zero attached hydrogens (tertiary/aromatic N) is 2. The van der Waals surface area contributed by atoms with E-state index in [0.717, 1.165) is 51.9 Å². The van der Waals surface area contributed by atoms with Crippen molar-refractivity contribution in [3.05, 3.63) is 74.6 Å². The third-order valence-electron chi connectivity index (χ3n) is 5.46. The van der Waals surface area contributed by atoms with Gasteiger partial charge < -0.3 is 19.6 Å². The molecule has 5 heteroatoms. The largest absolute Gasteiger partial charge is 0.489 e. The molecular weight excluding hydrogens is 384 g/mol. The fraction of sp³-hybridized carbons (Fsp3) is 0.346. The number of nitrogens with one attached hydrogen (secondary N) is 2. The van der Waals surface area contributed by atoms with E-state index in [1.165, 1.54) is 16.4 Å². The van der Waals surface area contributed by atoms with Gasteiger partial charge in [-0.05, 0) is 77.6 Å². The number of fused-ring (bicyclic) bond motifs is 1. The number of aromatic amines is 2. The lowest BCUT2D eigenvalue weighted by Gasteiger charge is -2.10. The first kappa shape index (κ1) is 21.2. The van der Waals surface area contributed by atoms with Crippen LogP contribution in [0.15, 0.2) is 41.4 Å². The summed E-state index contributed by atoms with van der Waals surface area (Å²) in [5.74, 6) is 0.849. The van der Waals surface area contributed by atoms with E-state index in [2.05, 4.69) is 93.1 Å². The van der Waals surface area contributed by atoms with E-state index in [9.17, 15) is 0 Å². The van der Waals surface area contributed by atoms with Gasteiger partial charge in [-0.2, -0.15) is 0 Å². The van der Waals surface area contributed by atoms with Gasteiger partial charge in [-0.1, -0.05) is 18.2 Å². The zero-order valence-electron chi connectivity index (χ0n) is 19.3. The number of aromatic nitrogens is 2. The van der Waals surface area contributed by atoms with E-state index in [4.69, 9.17) is 9.73 Å². The van der Waals surface area contributed by atoms with E-state index in [1.807, 2.05) is 6.07 Å². The fourth-order valence-electron chi connectivity index (χ4n) is 4.03. The molecule has 5 nitrogen and oxygen atoms in total. The molecule has 0 radical (unpaired) electrons. The average molecular weight is 417 g/mol. The van der Waals surface area contributed by atoms with Crippen LogP contribution in [0, 0.1) is 13.8 Å². The zero-order valence-corrected chi connectivity index (χ0v) is 19.3. The molecule has 0 atom stereocenters. The molecule has 1 aliphatic rings. The van der Waals surface area contributed by atoms with Gasteiger partial charge in [0.25, 0.3) is 0 Å². The first-order chi connectivity index (χ1) is 14.8. The van der Waals surface area contributed by atoms with Crippen molar-refractivity contribution >= 4 is 17.3 Å². The van der Waals surface area contributed by atoms with Crippen molar-refractivity contribution in [2.45, 2.75) is 40.2 Å². The van der Waals surface area contributed by atoms with Crippen LogP contribution in [0.5, 0.6) is 5.75 Å². The normalized spacial score (nSPS) is 15.7. The molecule has 2 aromatic heterocycles. The van der Waals surface area contributed by atoms with Crippen LogP contribution in [0.4, 0.5) is 0 Å². The van der Waals surface area contributed by atoms with E-state index < -0.39 is 0 Å². The molecule has 3 heterocycles. The molecule has 0 bridgehead atoms. The monoisotopic (exact) mass is 416 g/mol. The Kier molecular flexibility index (Phi) is 5.88. The Bertz CT molecular complexity index is 1340. The molecule has 0 saturated carbocycles. The molecule has 162 valence electrons. The summed E-state index contributed by atoms with van der Waals surface area (Å²) in [6.45, 7) is 9.27. The van der Waals surface area contributed by atoms with Crippen molar-refractivity contribution in [2.24, 2.45) is 4.99 Å². The van der Waals surface area contributed by atoms with Crippen molar-refractivity contribution in [3.8, 4) is 5.75 Å². The summed E-state index contributed by atoms with van der Waals surface area (Å²) in [6.07, 6.45) is 3.16. The van der Waals surface area contributed by atoms with Gasteiger partial charge in [-0.3, -0.25) is 0 Å². The van der Waals surface area contributed by atoms with E-state index in [-0.39, 0.29) is 6.10 Å². The van der Waals surface area contributed by atoms with E-state index in [1.54, 1.807) is 0 Å². The van der Waals surface area contributed by atoms with Crippen molar-refractivity contribution in [3.63, 3.8) is 0 Å². The number of rotatable bonds is 6. The minimum atomic E-state index is 0.0854. The Hall–Kier alpha value is -3.05. The van der Waals surface area contributed by atoms with Crippen molar-refractivity contribution < 1.29 is 4.74 Å². The molecule has 1 aromatic carbocycles. The molecule has 2 N–H and O–H groups in total. The summed E-state index contributed by atoms with van der Waals surface area (Å²) in [6, 6.07) is 12.6. The maximum absolute atomic E-state index is 6.17. The van der Waals surface area contributed by atoms with E-state index >= 15 is 0 Å². The molecule has 0 saturated heterocycles. The summed E-state index contributed by atoms with van der Waals surface area (Å²) in [5, 5.41) is 4.21. The Morgan fingerprint density at radius 3 is 2.55 bits per heavy atom. The first-order valence-electron chi connectivity index (χ1n) is 10.9. The van der Waals surface area contributed by atoms with Gasteiger partial charge in [-0.25, -0.2) is 4.99 Å². The number of ether oxygens (including phenoxy) is 1. The molecule has 0 fully saturated rings. The molecule has 4 rings (SSSR count). The third kappa shape index (κ3) is 4.52. The minimum Gasteiger partial charge on any atom is -0.489 e. The van der Waals surface area contributed by atoms with Gasteiger partial charge in [0.1, 0.15) is 5.75 Å². The molecule has 0 aliphatic carbocycles. The highest BCUT2D eigenvalue weighted by molar-refractivity contribution is 5.89. The van der Waals surface area contributed by atoms with Crippen LogP contribution in [0.1, 0.15) is 37.2 Å². The van der Waals surface area contributed by atoms with Gasteiger partial charge in [0, 0.05) is 29.2 Å².